The number of carboxylic acids is 1. The Kier molecular flexibility index (Phi) is 4.15. The predicted octanol–water partition coefficient (Wildman–Crippen LogP) is 3.52. The fraction of sp³-hybridized carbons (Fsp3) is 0.125. The van der Waals surface area contributed by atoms with Gasteiger partial charge in [0.25, 0.3) is 0 Å². The van der Waals surface area contributed by atoms with Gasteiger partial charge in [0.15, 0.2) is 0 Å². The van der Waals surface area contributed by atoms with Gasteiger partial charge in [-0.2, -0.15) is 0 Å². The highest BCUT2D eigenvalue weighted by Gasteiger charge is 2.08. The summed E-state index contributed by atoms with van der Waals surface area (Å²) in [6.45, 7) is 0. The number of carbonyl (C=O) groups is 1. The maximum absolute atomic E-state index is 10.7. The minimum absolute atomic E-state index is 0.305. The summed E-state index contributed by atoms with van der Waals surface area (Å²) < 4.78 is 0.616. The van der Waals surface area contributed by atoms with Crippen molar-refractivity contribution < 1.29 is 9.90 Å². The fourth-order valence-corrected chi connectivity index (χ4v) is 2.60. The van der Waals surface area contributed by atoms with Crippen LogP contribution < -0.4 is 0 Å². The SMILES string of the molecule is CSSc1ccc(Br)c(C(=O)O)c1. The Bertz CT molecular complexity index is 328. The summed E-state index contributed by atoms with van der Waals surface area (Å²) >= 11 is 3.19. The van der Waals surface area contributed by atoms with E-state index in [1.165, 1.54) is 0 Å². The van der Waals surface area contributed by atoms with E-state index < -0.39 is 5.97 Å². The molecule has 0 unspecified atom stereocenters. The normalized spacial score (nSPS) is 10.0. The van der Waals surface area contributed by atoms with Gasteiger partial charge in [-0.3, -0.25) is 0 Å². The average molecular weight is 279 g/mol. The third-order valence-electron chi connectivity index (χ3n) is 1.35. The van der Waals surface area contributed by atoms with Crippen molar-refractivity contribution >= 4 is 43.5 Å². The lowest BCUT2D eigenvalue weighted by Gasteiger charge is -2.01. The standard InChI is InChI=1S/C8H7BrO2S2/c1-12-13-5-2-3-7(9)6(4-5)8(10)11/h2-4H,1H3,(H,10,11). The van der Waals surface area contributed by atoms with Gasteiger partial charge in [0.05, 0.1) is 5.56 Å². The molecule has 5 heteroatoms. The summed E-state index contributed by atoms with van der Waals surface area (Å²) in [6.07, 6.45) is 1.95. The Labute approximate surface area is 92.6 Å². The Morgan fingerprint density at radius 1 is 1.54 bits per heavy atom. The van der Waals surface area contributed by atoms with E-state index in [-0.39, 0.29) is 0 Å². The van der Waals surface area contributed by atoms with Crippen LogP contribution >= 0.6 is 37.5 Å². The van der Waals surface area contributed by atoms with Gasteiger partial charge >= 0.3 is 5.97 Å². The maximum Gasteiger partial charge on any atom is 0.336 e. The van der Waals surface area contributed by atoms with Crippen LogP contribution in [0.3, 0.4) is 0 Å². The molecule has 0 spiro atoms. The van der Waals surface area contributed by atoms with Crippen LogP contribution in [0.5, 0.6) is 0 Å². The van der Waals surface area contributed by atoms with Crippen molar-refractivity contribution in [1.82, 2.24) is 0 Å². The summed E-state index contributed by atoms with van der Waals surface area (Å²) in [5.41, 5.74) is 0.305. The first-order valence-corrected chi connectivity index (χ1v) is 6.73. The molecule has 70 valence electrons. The minimum Gasteiger partial charge on any atom is -0.478 e. The van der Waals surface area contributed by atoms with Crippen molar-refractivity contribution in [3.05, 3.63) is 28.2 Å². The van der Waals surface area contributed by atoms with E-state index in [4.69, 9.17) is 5.11 Å². The molecule has 0 aliphatic heterocycles. The molecule has 1 N–H and O–H groups in total. The van der Waals surface area contributed by atoms with Crippen LogP contribution in [0.25, 0.3) is 0 Å². The quantitative estimate of drug-likeness (QED) is 0.859. The molecule has 2 nitrogen and oxygen atoms in total. The monoisotopic (exact) mass is 278 g/mol. The van der Waals surface area contributed by atoms with Crippen molar-refractivity contribution in [3.63, 3.8) is 0 Å². The predicted molar refractivity (Wildman–Crippen MR) is 60.5 cm³/mol. The highest BCUT2D eigenvalue weighted by atomic mass is 79.9. The first-order valence-electron chi connectivity index (χ1n) is 3.38. The van der Waals surface area contributed by atoms with Crippen LogP contribution in [-0.2, 0) is 0 Å². The molecular formula is C8H7BrO2S2. The molecule has 0 saturated heterocycles. The van der Waals surface area contributed by atoms with E-state index in [2.05, 4.69) is 15.9 Å². The second kappa shape index (κ2) is 4.93. The molecule has 1 rings (SSSR count). The topological polar surface area (TPSA) is 37.3 Å². The molecule has 0 aliphatic carbocycles. The van der Waals surface area contributed by atoms with Gasteiger partial charge in [-0.1, -0.05) is 21.6 Å². The first kappa shape index (κ1) is 10.9. The number of hydrogen-bond acceptors (Lipinski definition) is 3. The second-order valence-electron chi connectivity index (χ2n) is 2.20. The largest absolute Gasteiger partial charge is 0.478 e. The van der Waals surface area contributed by atoms with Gasteiger partial charge in [0.1, 0.15) is 0 Å². The molecule has 13 heavy (non-hydrogen) atoms. The highest BCUT2D eigenvalue weighted by Crippen LogP contribution is 2.31. The van der Waals surface area contributed by atoms with Gasteiger partial charge in [-0.25, -0.2) is 4.79 Å². The van der Waals surface area contributed by atoms with E-state index >= 15 is 0 Å². The molecular weight excluding hydrogens is 272 g/mol. The number of benzene rings is 1. The molecule has 0 aromatic heterocycles. The maximum atomic E-state index is 10.7. The molecule has 1 aromatic rings. The van der Waals surface area contributed by atoms with Crippen molar-refractivity contribution in [2.45, 2.75) is 4.90 Å². The Balaban J connectivity index is 3.04. The van der Waals surface area contributed by atoms with Crippen molar-refractivity contribution in [2.24, 2.45) is 0 Å². The van der Waals surface area contributed by atoms with Crippen molar-refractivity contribution in [1.29, 1.82) is 0 Å². The fourth-order valence-electron chi connectivity index (χ4n) is 0.816. The zero-order chi connectivity index (χ0) is 9.84. The van der Waals surface area contributed by atoms with Crippen LogP contribution in [0.2, 0.25) is 0 Å². The van der Waals surface area contributed by atoms with E-state index in [0.717, 1.165) is 4.90 Å². The van der Waals surface area contributed by atoms with Crippen LogP contribution in [0, 0.1) is 0 Å². The molecule has 1 aromatic carbocycles. The van der Waals surface area contributed by atoms with Crippen LogP contribution in [0.4, 0.5) is 0 Å². The summed E-state index contributed by atoms with van der Waals surface area (Å²) in [5, 5.41) is 8.81. The van der Waals surface area contributed by atoms with E-state index in [9.17, 15) is 4.79 Å². The number of rotatable bonds is 3. The number of aromatic carboxylic acids is 1. The smallest absolute Gasteiger partial charge is 0.336 e. The van der Waals surface area contributed by atoms with Gasteiger partial charge in [-0.05, 0) is 40.4 Å². The van der Waals surface area contributed by atoms with Gasteiger partial charge in [0, 0.05) is 9.37 Å². The lowest BCUT2D eigenvalue weighted by molar-refractivity contribution is 0.0695. The van der Waals surface area contributed by atoms with Crippen molar-refractivity contribution in [3.8, 4) is 0 Å². The average Bonchev–Trinajstić information content (AvgIpc) is 2.08. The molecule has 0 atom stereocenters. The van der Waals surface area contributed by atoms with Gasteiger partial charge in [0.2, 0.25) is 0 Å². The number of halogens is 1. The summed E-state index contributed by atoms with van der Waals surface area (Å²) in [4.78, 5) is 11.7. The molecule has 0 heterocycles. The molecule has 0 radical (unpaired) electrons. The summed E-state index contributed by atoms with van der Waals surface area (Å²) in [6, 6.07) is 5.30. The molecule has 0 amide bonds. The number of hydrogen-bond donors (Lipinski definition) is 1. The highest BCUT2D eigenvalue weighted by molar-refractivity contribution is 9.10. The van der Waals surface area contributed by atoms with Gasteiger partial charge in [-0.15, -0.1) is 0 Å². The Morgan fingerprint density at radius 2 is 2.23 bits per heavy atom. The van der Waals surface area contributed by atoms with E-state index in [1.807, 2.05) is 12.3 Å². The third-order valence-corrected chi connectivity index (χ3v) is 3.73. The van der Waals surface area contributed by atoms with Gasteiger partial charge < -0.3 is 5.11 Å². The van der Waals surface area contributed by atoms with Crippen molar-refractivity contribution in [2.75, 3.05) is 6.26 Å². The zero-order valence-corrected chi connectivity index (χ0v) is 10.0. The van der Waals surface area contributed by atoms with Crippen LogP contribution in [0.15, 0.2) is 27.6 Å². The van der Waals surface area contributed by atoms with E-state index in [0.29, 0.717) is 10.0 Å². The first-order chi connectivity index (χ1) is 6.15. The second-order valence-corrected chi connectivity index (χ2v) is 5.52. The van der Waals surface area contributed by atoms with Crippen LogP contribution in [0.1, 0.15) is 10.4 Å². The third kappa shape index (κ3) is 2.93. The van der Waals surface area contributed by atoms with Crippen LogP contribution in [-0.4, -0.2) is 17.3 Å². The zero-order valence-electron chi connectivity index (χ0n) is 6.78. The Morgan fingerprint density at radius 3 is 2.77 bits per heavy atom. The summed E-state index contributed by atoms with van der Waals surface area (Å²) in [5.74, 6) is -0.907. The Hall–Kier alpha value is -0.130. The molecule has 0 aliphatic rings. The number of carboxylic acid groups (broad SMARTS) is 1. The summed E-state index contributed by atoms with van der Waals surface area (Å²) in [7, 11) is 3.14. The molecule has 0 bridgehead atoms. The minimum atomic E-state index is -0.907. The molecule has 0 fully saturated rings. The lowest BCUT2D eigenvalue weighted by atomic mass is 10.2. The lowest BCUT2D eigenvalue weighted by Crippen LogP contribution is -1.97. The van der Waals surface area contributed by atoms with E-state index in [1.54, 1.807) is 33.7 Å². The molecule has 0 saturated carbocycles.